The van der Waals surface area contributed by atoms with Crippen LogP contribution in [0.15, 0.2) is 0 Å². The fraction of sp³-hybridized carbons (Fsp3) is 0.978. The van der Waals surface area contributed by atoms with Gasteiger partial charge in [0, 0.05) is 0 Å². The second-order valence-corrected chi connectivity index (χ2v) is 20.1. The first kappa shape index (κ1) is 56.4. The molecule has 2 unspecified atom stereocenters. The minimum Gasteiger partial charge on any atom is -0.390 e. The number of rotatable bonds is 43. The number of unbranched alkanes of at least 4 members (excludes halogenated alkanes) is 26. The number of likely N-dealkylation sites (N-methyl/N-ethyl adjacent to an activating group) is 1. The standard InChI is InChI=1S/C46H95N2O8P/c1-7-8-9-10-11-12-13-14-15-16-17-18-19-20-21-22-23-28-31-34-37-44(50)46(52)47-42(40-56-57(53,54)55-39-38-48(4,5)6)45(51)43(49)36-33-30-27-25-24-26-29-32-35-41(2)3/h41-45,49-51H,7-40H2,1-6H3,(H-,47,52,53,54)/p+1/t42-,43+,44?,45-/m0/s1. The van der Waals surface area contributed by atoms with Gasteiger partial charge in [-0.3, -0.25) is 13.8 Å². The van der Waals surface area contributed by atoms with Gasteiger partial charge in [-0.2, -0.15) is 0 Å². The van der Waals surface area contributed by atoms with Crippen LogP contribution in [-0.2, 0) is 18.4 Å². The molecule has 11 heteroatoms. The molecule has 0 aliphatic heterocycles. The summed E-state index contributed by atoms with van der Waals surface area (Å²) in [5.74, 6) is 0.0634. The van der Waals surface area contributed by atoms with E-state index in [0.717, 1.165) is 44.4 Å². The van der Waals surface area contributed by atoms with Gasteiger partial charge in [-0.15, -0.1) is 0 Å². The predicted octanol–water partition coefficient (Wildman–Crippen LogP) is 11.2. The molecule has 5 atom stereocenters. The van der Waals surface area contributed by atoms with Gasteiger partial charge in [0.25, 0.3) is 0 Å². The monoisotopic (exact) mass is 836 g/mol. The zero-order valence-electron chi connectivity index (χ0n) is 38.2. The molecule has 0 aromatic carbocycles. The number of phosphoric acid groups is 1. The van der Waals surface area contributed by atoms with Crippen LogP contribution in [0.3, 0.4) is 0 Å². The van der Waals surface area contributed by atoms with Crippen molar-refractivity contribution in [2.24, 2.45) is 5.92 Å². The van der Waals surface area contributed by atoms with E-state index in [-0.39, 0.29) is 13.0 Å². The molecule has 10 nitrogen and oxygen atoms in total. The number of nitrogens with zero attached hydrogens (tertiary/aromatic N) is 1. The van der Waals surface area contributed by atoms with Crippen molar-refractivity contribution in [3.05, 3.63) is 0 Å². The number of carbonyl (C=O) groups is 1. The lowest BCUT2D eigenvalue weighted by Gasteiger charge is -2.29. The maximum absolute atomic E-state index is 13.0. The molecular formula is C46H96N2O8P+. The van der Waals surface area contributed by atoms with Crippen LogP contribution in [0.25, 0.3) is 0 Å². The zero-order valence-corrected chi connectivity index (χ0v) is 39.1. The first-order chi connectivity index (χ1) is 27.2. The van der Waals surface area contributed by atoms with Gasteiger partial charge in [-0.25, -0.2) is 4.57 Å². The molecule has 0 rings (SSSR count). The van der Waals surface area contributed by atoms with Crippen molar-refractivity contribution in [2.45, 2.75) is 244 Å². The number of amides is 1. The fourth-order valence-electron chi connectivity index (χ4n) is 7.28. The smallest absolute Gasteiger partial charge is 0.390 e. The fourth-order valence-corrected chi connectivity index (χ4v) is 8.01. The molecule has 57 heavy (non-hydrogen) atoms. The summed E-state index contributed by atoms with van der Waals surface area (Å²) in [5, 5.41) is 35.1. The largest absolute Gasteiger partial charge is 0.472 e. The number of phosphoric ester groups is 1. The molecule has 0 spiro atoms. The molecule has 0 aliphatic carbocycles. The number of aliphatic hydroxyl groups is 3. The summed E-state index contributed by atoms with van der Waals surface area (Å²) >= 11 is 0. The van der Waals surface area contributed by atoms with Crippen molar-refractivity contribution < 1.29 is 43.1 Å². The summed E-state index contributed by atoms with van der Waals surface area (Å²) < 4.78 is 23.4. The lowest BCUT2D eigenvalue weighted by atomic mass is 9.99. The summed E-state index contributed by atoms with van der Waals surface area (Å²) in [6, 6.07) is -1.20. The SMILES string of the molecule is CCCCCCCCCCCCCCCCCCCCCCC(O)C(=O)N[C@@H](COP(=O)(O)OCC[N+](C)(C)C)[C@H](O)[C@H](O)CCCCCCCCCCC(C)C. The molecule has 0 heterocycles. The average molecular weight is 836 g/mol. The van der Waals surface area contributed by atoms with Crippen LogP contribution < -0.4 is 5.32 Å². The summed E-state index contributed by atoms with van der Waals surface area (Å²) in [6.07, 6.45) is 32.4. The van der Waals surface area contributed by atoms with E-state index in [0.29, 0.717) is 30.3 Å². The van der Waals surface area contributed by atoms with E-state index < -0.39 is 44.7 Å². The Balaban J connectivity index is 4.45. The van der Waals surface area contributed by atoms with Crippen LogP contribution >= 0.6 is 7.82 Å². The second kappa shape index (κ2) is 37.2. The third kappa shape index (κ3) is 38.1. The van der Waals surface area contributed by atoms with Crippen LogP contribution in [-0.4, -0.2) is 95.9 Å². The second-order valence-electron chi connectivity index (χ2n) is 18.6. The Labute approximate surface area is 352 Å². The molecule has 0 fully saturated rings. The maximum atomic E-state index is 13.0. The number of aliphatic hydroxyl groups excluding tert-OH is 3. The predicted molar refractivity (Wildman–Crippen MR) is 238 cm³/mol. The van der Waals surface area contributed by atoms with Gasteiger partial charge in [-0.1, -0.05) is 207 Å². The van der Waals surface area contributed by atoms with E-state index in [4.69, 9.17) is 9.05 Å². The van der Waals surface area contributed by atoms with E-state index in [1.54, 1.807) is 0 Å². The van der Waals surface area contributed by atoms with Crippen LogP contribution in [0.1, 0.15) is 220 Å². The highest BCUT2D eigenvalue weighted by Gasteiger charge is 2.33. The van der Waals surface area contributed by atoms with E-state index in [9.17, 15) is 29.6 Å². The van der Waals surface area contributed by atoms with Crippen LogP contribution in [0.2, 0.25) is 0 Å². The van der Waals surface area contributed by atoms with Crippen molar-refractivity contribution in [2.75, 3.05) is 40.9 Å². The molecule has 0 saturated heterocycles. The lowest BCUT2D eigenvalue weighted by molar-refractivity contribution is -0.870. The molecule has 1 amide bonds. The van der Waals surface area contributed by atoms with E-state index in [1.165, 1.54) is 135 Å². The number of hydrogen-bond acceptors (Lipinski definition) is 7. The summed E-state index contributed by atoms with van der Waals surface area (Å²) in [6.45, 7) is 6.70. The molecule has 0 radical (unpaired) electrons. The molecule has 0 aromatic rings. The Morgan fingerprint density at radius 2 is 0.947 bits per heavy atom. The quantitative estimate of drug-likeness (QED) is 0.0232. The minimum atomic E-state index is -4.49. The van der Waals surface area contributed by atoms with Gasteiger partial charge in [-0.05, 0) is 18.8 Å². The van der Waals surface area contributed by atoms with Crippen LogP contribution in [0, 0.1) is 5.92 Å². The molecule has 342 valence electrons. The topological polar surface area (TPSA) is 146 Å². The highest BCUT2D eigenvalue weighted by atomic mass is 31.2. The first-order valence-corrected chi connectivity index (χ1v) is 25.4. The molecule has 0 aromatic heterocycles. The Kier molecular flexibility index (Phi) is 36.8. The Morgan fingerprint density at radius 1 is 0.579 bits per heavy atom. The summed E-state index contributed by atoms with van der Waals surface area (Å²) in [7, 11) is 1.30. The summed E-state index contributed by atoms with van der Waals surface area (Å²) in [5.41, 5.74) is 0. The maximum Gasteiger partial charge on any atom is 0.472 e. The van der Waals surface area contributed by atoms with Crippen molar-refractivity contribution in [1.82, 2.24) is 5.32 Å². The van der Waals surface area contributed by atoms with E-state index >= 15 is 0 Å². The number of carbonyl (C=O) groups excluding carboxylic acids is 1. The van der Waals surface area contributed by atoms with Gasteiger partial charge in [0.2, 0.25) is 5.91 Å². The van der Waals surface area contributed by atoms with E-state index in [2.05, 4.69) is 26.1 Å². The van der Waals surface area contributed by atoms with Gasteiger partial charge >= 0.3 is 7.82 Å². The normalized spacial score (nSPS) is 15.4. The number of nitrogens with one attached hydrogen (secondary N) is 1. The molecule has 0 saturated carbocycles. The molecule has 5 N–H and O–H groups in total. The molecule has 0 aliphatic rings. The van der Waals surface area contributed by atoms with Crippen molar-refractivity contribution in [3.63, 3.8) is 0 Å². The Morgan fingerprint density at radius 3 is 1.33 bits per heavy atom. The van der Waals surface area contributed by atoms with Crippen LogP contribution in [0.5, 0.6) is 0 Å². The number of quaternary nitrogens is 1. The highest BCUT2D eigenvalue weighted by molar-refractivity contribution is 7.47. The van der Waals surface area contributed by atoms with Gasteiger partial charge < -0.3 is 30.0 Å². The zero-order chi connectivity index (χ0) is 42.6. The molecule has 0 bridgehead atoms. The third-order valence-corrected chi connectivity index (χ3v) is 12.2. The Bertz CT molecular complexity index is 950. The summed E-state index contributed by atoms with van der Waals surface area (Å²) in [4.78, 5) is 23.3. The van der Waals surface area contributed by atoms with Crippen molar-refractivity contribution in [3.8, 4) is 0 Å². The highest BCUT2D eigenvalue weighted by Crippen LogP contribution is 2.43. The lowest BCUT2D eigenvalue weighted by Crippen LogP contribution is -2.53. The average Bonchev–Trinajstić information content (AvgIpc) is 3.15. The van der Waals surface area contributed by atoms with Gasteiger partial charge in [0.15, 0.2) is 0 Å². The third-order valence-electron chi connectivity index (χ3n) is 11.2. The van der Waals surface area contributed by atoms with Crippen molar-refractivity contribution >= 4 is 13.7 Å². The van der Waals surface area contributed by atoms with E-state index in [1.807, 2.05) is 21.1 Å². The van der Waals surface area contributed by atoms with Gasteiger partial charge in [0.05, 0.1) is 39.9 Å². The first-order valence-electron chi connectivity index (χ1n) is 24.0. The Hall–Kier alpha value is -0.580. The molecular weight excluding hydrogens is 739 g/mol. The minimum absolute atomic E-state index is 0.0182. The van der Waals surface area contributed by atoms with Crippen molar-refractivity contribution in [1.29, 1.82) is 0 Å². The number of hydrogen-bond donors (Lipinski definition) is 5. The van der Waals surface area contributed by atoms with Gasteiger partial charge in [0.1, 0.15) is 25.4 Å². The van der Waals surface area contributed by atoms with Crippen LogP contribution in [0.4, 0.5) is 0 Å².